The van der Waals surface area contributed by atoms with Crippen LogP contribution in [0.2, 0.25) is 0 Å². The number of morpholine rings is 1. The molecule has 3 rings (SSSR count). The molecule has 0 bridgehead atoms. The fourth-order valence-electron chi connectivity index (χ4n) is 2.97. The first-order chi connectivity index (χ1) is 11.6. The predicted octanol–water partition coefficient (Wildman–Crippen LogP) is 2.23. The molecular formula is C18H24N4O2. The number of nitrogens with one attached hydrogen (secondary N) is 1. The van der Waals surface area contributed by atoms with Crippen LogP contribution in [0.3, 0.4) is 0 Å². The van der Waals surface area contributed by atoms with Crippen LogP contribution in [0, 0.1) is 0 Å². The van der Waals surface area contributed by atoms with Crippen LogP contribution in [-0.2, 0) is 11.2 Å². The highest BCUT2D eigenvalue weighted by atomic mass is 16.5. The lowest BCUT2D eigenvalue weighted by Crippen LogP contribution is -2.51. The molecule has 1 saturated heterocycles. The third kappa shape index (κ3) is 4.14. The molecule has 1 N–H and O–H groups in total. The molecule has 128 valence electrons. The van der Waals surface area contributed by atoms with E-state index in [9.17, 15) is 4.79 Å². The number of aromatic nitrogens is 2. The Morgan fingerprint density at radius 1 is 1.21 bits per heavy atom. The van der Waals surface area contributed by atoms with Crippen molar-refractivity contribution in [1.29, 1.82) is 0 Å². The quantitative estimate of drug-likeness (QED) is 0.936. The van der Waals surface area contributed by atoms with E-state index in [2.05, 4.69) is 10.4 Å². The number of benzene rings is 1. The van der Waals surface area contributed by atoms with Gasteiger partial charge in [0.05, 0.1) is 23.6 Å². The summed E-state index contributed by atoms with van der Waals surface area (Å²) < 4.78 is 7.50. The fraction of sp³-hybridized carbons (Fsp3) is 0.444. The van der Waals surface area contributed by atoms with Crippen LogP contribution >= 0.6 is 0 Å². The highest BCUT2D eigenvalue weighted by molar-refractivity contribution is 5.74. The Bertz CT molecular complexity index is 661. The van der Waals surface area contributed by atoms with Crippen molar-refractivity contribution in [2.24, 2.45) is 0 Å². The topological polar surface area (TPSA) is 59.4 Å². The van der Waals surface area contributed by atoms with Crippen molar-refractivity contribution >= 4 is 6.03 Å². The maximum absolute atomic E-state index is 12.2. The second-order valence-electron chi connectivity index (χ2n) is 6.23. The first-order valence-corrected chi connectivity index (χ1v) is 8.40. The second-order valence-corrected chi connectivity index (χ2v) is 6.23. The Labute approximate surface area is 142 Å². The number of urea groups is 1. The molecule has 1 aliphatic rings. The van der Waals surface area contributed by atoms with Crippen LogP contribution in [0.5, 0.6) is 0 Å². The summed E-state index contributed by atoms with van der Waals surface area (Å²) in [7, 11) is 0. The Kier molecular flexibility index (Phi) is 5.15. The molecule has 1 aliphatic heterocycles. The Morgan fingerprint density at radius 3 is 2.62 bits per heavy atom. The minimum Gasteiger partial charge on any atom is -0.372 e. The number of amides is 2. The number of hydrogen-bond donors (Lipinski definition) is 1. The zero-order valence-electron chi connectivity index (χ0n) is 14.2. The van der Waals surface area contributed by atoms with Gasteiger partial charge >= 0.3 is 6.03 Å². The molecule has 2 heterocycles. The number of hydrogen-bond acceptors (Lipinski definition) is 3. The fourth-order valence-corrected chi connectivity index (χ4v) is 2.97. The van der Waals surface area contributed by atoms with E-state index in [1.54, 1.807) is 0 Å². The number of carbonyl (C=O) groups excluding carboxylic acids is 1. The van der Waals surface area contributed by atoms with Crippen LogP contribution in [0.25, 0.3) is 5.69 Å². The molecular weight excluding hydrogens is 304 g/mol. The zero-order chi connectivity index (χ0) is 16.9. The molecule has 1 fully saturated rings. The molecule has 0 unspecified atom stereocenters. The van der Waals surface area contributed by atoms with Gasteiger partial charge in [0, 0.05) is 32.3 Å². The molecule has 2 atom stereocenters. The number of rotatable bonds is 4. The molecule has 0 aliphatic carbocycles. The van der Waals surface area contributed by atoms with Gasteiger partial charge in [-0.25, -0.2) is 9.48 Å². The monoisotopic (exact) mass is 328 g/mol. The Hall–Kier alpha value is -2.34. The standard InChI is InChI=1S/C18H24N4O2/c1-14-12-21(13-15(2)24-14)18(23)19-10-8-16-9-11-22(20-16)17-6-4-3-5-7-17/h3-7,9,11,14-15H,8,10,12-13H2,1-2H3,(H,19,23)/t14-,15-/m0/s1. The third-order valence-electron chi connectivity index (χ3n) is 4.03. The third-order valence-corrected chi connectivity index (χ3v) is 4.03. The summed E-state index contributed by atoms with van der Waals surface area (Å²) in [6.45, 7) is 5.83. The summed E-state index contributed by atoms with van der Waals surface area (Å²) in [4.78, 5) is 14.1. The van der Waals surface area contributed by atoms with E-state index in [-0.39, 0.29) is 18.2 Å². The molecule has 2 amide bonds. The van der Waals surface area contributed by atoms with Crippen molar-refractivity contribution in [3.63, 3.8) is 0 Å². The van der Waals surface area contributed by atoms with Gasteiger partial charge in [-0.3, -0.25) is 0 Å². The SMILES string of the molecule is C[C@H]1CN(C(=O)NCCc2ccn(-c3ccccc3)n2)C[C@H](C)O1. The van der Waals surface area contributed by atoms with E-state index in [1.165, 1.54) is 0 Å². The first kappa shape index (κ1) is 16.5. The average Bonchev–Trinajstić information content (AvgIpc) is 3.03. The molecule has 6 heteroatoms. The minimum absolute atomic E-state index is 0.0282. The van der Waals surface area contributed by atoms with Crippen LogP contribution in [0.4, 0.5) is 4.79 Å². The summed E-state index contributed by atoms with van der Waals surface area (Å²) in [6, 6.07) is 11.9. The summed E-state index contributed by atoms with van der Waals surface area (Å²) in [5, 5.41) is 7.52. The summed E-state index contributed by atoms with van der Waals surface area (Å²) in [5.74, 6) is 0. The summed E-state index contributed by atoms with van der Waals surface area (Å²) >= 11 is 0. The van der Waals surface area contributed by atoms with E-state index in [0.29, 0.717) is 26.1 Å². The molecule has 1 aromatic heterocycles. The number of para-hydroxylation sites is 1. The van der Waals surface area contributed by atoms with Crippen LogP contribution in [0.15, 0.2) is 42.6 Å². The van der Waals surface area contributed by atoms with E-state index >= 15 is 0 Å². The smallest absolute Gasteiger partial charge is 0.317 e. The zero-order valence-corrected chi connectivity index (χ0v) is 14.2. The molecule has 2 aromatic rings. The maximum atomic E-state index is 12.2. The van der Waals surface area contributed by atoms with Crippen molar-refractivity contribution < 1.29 is 9.53 Å². The average molecular weight is 328 g/mol. The minimum atomic E-state index is -0.0282. The molecule has 0 spiro atoms. The van der Waals surface area contributed by atoms with E-state index in [0.717, 1.165) is 11.4 Å². The van der Waals surface area contributed by atoms with Crippen molar-refractivity contribution in [2.75, 3.05) is 19.6 Å². The van der Waals surface area contributed by atoms with Crippen molar-refractivity contribution in [3.05, 3.63) is 48.3 Å². The maximum Gasteiger partial charge on any atom is 0.317 e. The van der Waals surface area contributed by atoms with Crippen LogP contribution in [-0.4, -0.2) is 52.6 Å². The van der Waals surface area contributed by atoms with E-state index in [1.807, 2.05) is 66.0 Å². The number of nitrogens with zero attached hydrogens (tertiary/aromatic N) is 3. The predicted molar refractivity (Wildman–Crippen MR) is 92.2 cm³/mol. The summed E-state index contributed by atoms with van der Waals surface area (Å²) in [6.07, 6.45) is 2.82. The van der Waals surface area contributed by atoms with Crippen molar-refractivity contribution in [1.82, 2.24) is 20.0 Å². The van der Waals surface area contributed by atoms with E-state index < -0.39 is 0 Å². The van der Waals surface area contributed by atoms with Gasteiger partial charge in [0.1, 0.15) is 0 Å². The van der Waals surface area contributed by atoms with Gasteiger partial charge in [-0.1, -0.05) is 18.2 Å². The van der Waals surface area contributed by atoms with E-state index in [4.69, 9.17) is 4.74 Å². The molecule has 1 aromatic carbocycles. The highest BCUT2D eigenvalue weighted by Crippen LogP contribution is 2.10. The van der Waals surface area contributed by atoms with Gasteiger partial charge < -0.3 is 15.0 Å². The lowest BCUT2D eigenvalue weighted by atomic mass is 10.2. The van der Waals surface area contributed by atoms with Crippen molar-refractivity contribution in [2.45, 2.75) is 32.5 Å². The van der Waals surface area contributed by atoms with Gasteiger partial charge in [-0.2, -0.15) is 5.10 Å². The van der Waals surface area contributed by atoms with Gasteiger partial charge in [0.2, 0.25) is 0 Å². The lowest BCUT2D eigenvalue weighted by molar-refractivity contribution is -0.0544. The normalized spacial score (nSPS) is 20.8. The number of carbonyl (C=O) groups is 1. The van der Waals surface area contributed by atoms with Gasteiger partial charge in [-0.05, 0) is 32.0 Å². The highest BCUT2D eigenvalue weighted by Gasteiger charge is 2.25. The van der Waals surface area contributed by atoms with Gasteiger partial charge in [-0.15, -0.1) is 0 Å². The Morgan fingerprint density at radius 2 is 1.92 bits per heavy atom. The largest absolute Gasteiger partial charge is 0.372 e. The van der Waals surface area contributed by atoms with Crippen LogP contribution in [0.1, 0.15) is 19.5 Å². The number of ether oxygens (including phenoxy) is 1. The van der Waals surface area contributed by atoms with Crippen LogP contribution < -0.4 is 5.32 Å². The molecule has 6 nitrogen and oxygen atoms in total. The molecule has 24 heavy (non-hydrogen) atoms. The first-order valence-electron chi connectivity index (χ1n) is 8.40. The Balaban J connectivity index is 1.48. The second kappa shape index (κ2) is 7.49. The lowest BCUT2D eigenvalue weighted by Gasteiger charge is -2.35. The molecule has 0 saturated carbocycles. The van der Waals surface area contributed by atoms with Gasteiger partial charge in [0.25, 0.3) is 0 Å². The molecule has 0 radical (unpaired) electrons. The van der Waals surface area contributed by atoms with Gasteiger partial charge in [0.15, 0.2) is 0 Å². The summed E-state index contributed by atoms with van der Waals surface area (Å²) in [5.41, 5.74) is 1.99. The van der Waals surface area contributed by atoms with Crippen molar-refractivity contribution in [3.8, 4) is 5.69 Å².